The van der Waals surface area contributed by atoms with Crippen LogP contribution in [0.25, 0.3) is 11.0 Å². The van der Waals surface area contributed by atoms with Crippen molar-refractivity contribution in [1.29, 1.82) is 0 Å². The molecule has 0 unspecified atom stereocenters. The van der Waals surface area contributed by atoms with Gasteiger partial charge in [0, 0.05) is 30.6 Å². The predicted octanol–water partition coefficient (Wildman–Crippen LogP) is 1.97. The molecule has 1 aromatic heterocycles. The minimum Gasteiger partial charge on any atom is -0.484 e. The molecular formula is C19H21NO6. The highest BCUT2D eigenvalue weighted by atomic mass is 16.5. The Kier molecular flexibility index (Phi) is 5.55. The Labute approximate surface area is 150 Å². The van der Waals surface area contributed by atoms with Crippen LogP contribution < -0.4 is 10.4 Å². The highest BCUT2D eigenvalue weighted by Crippen LogP contribution is 2.21. The maximum absolute atomic E-state index is 12.4. The van der Waals surface area contributed by atoms with Gasteiger partial charge in [-0.3, -0.25) is 9.59 Å². The molecule has 3 rings (SSSR count). The van der Waals surface area contributed by atoms with Crippen LogP contribution in [0.2, 0.25) is 0 Å². The quantitative estimate of drug-likeness (QED) is 0.599. The predicted molar refractivity (Wildman–Crippen MR) is 93.9 cm³/mol. The number of ether oxygens (including phenoxy) is 2. The van der Waals surface area contributed by atoms with Crippen molar-refractivity contribution in [2.45, 2.75) is 19.8 Å². The van der Waals surface area contributed by atoms with E-state index >= 15 is 0 Å². The van der Waals surface area contributed by atoms with E-state index in [0.29, 0.717) is 31.0 Å². The number of likely N-dealkylation sites (tertiary alicyclic amines) is 1. The third-order valence-corrected chi connectivity index (χ3v) is 4.35. The Balaban J connectivity index is 1.59. The van der Waals surface area contributed by atoms with Crippen molar-refractivity contribution < 1.29 is 23.5 Å². The average molecular weight is 359 g/mol. The van der Waals surface area contributed by atoms with Crippen molar-refractivity contribution in [1.82, 2.24) is 4.90 Å². The summed E-state index contributed by atoms with van der Waals surface area (Å²) in [6.45, 7) is 2.92. The summed E-state index contributed by atoms with van der Waals surface area (Å²) in [7, 11) is 0. The minimum absolute atomic E-state index is 0.141. The van der Waals surface area contributed by atoms with Gasteiger partial charge in [0.1, 0.15) is 11.3 Å². The van der Waals surface area contributed by atoms with Gasteiger partial charge in [0.05, 0.1) is 12.5 Å². The van der Waals surface area contributed by atoms with Crippen molar-refractivity contribution in [3.8, 4) is 5.75 Å². The molecule has 1 saturated heterocycles. The molecule has 0 saturated carbocycles. The Bertz CT molecular complexity index is 858. The molecule has 1 aromatic carbocycles. The van der Waals surface area contributed by atoms with E-state index in [2.05, 4.69) is 0 Å². The SMILES string of the molecule is CCOC(=O)[C@H]1CCCN(C(=O)COc2ccc3ccc(=O)oc3c2)C1. The molecule has 0 N–H and O–H groups in total. The summed E-state index contributed by atoms with van der Waals surface area (Å²) in [5.74, 6) is -0.272. The van der Waals surface area contributed by atoms with Crippen molar-refractivity contribution >= 4 is 22.8 Å². The summed E-state index contributed by atoms with van der Waals surface area (Å²) in [5.41, 5.74) is -0.0353. The summed E-state index contributed by atoms with van der Waals surface area (Å²) >= 11 is 0. The van der Waals surface area contributed by atoms with Crippen molar-refractivity contribution in [2.24, 2.45) is 5.92 Å². The summed E-state index contributed by atoms with van der Waals surface area (Å²) < 4.78 is 15.7. The van der Waals surface area contributed by atoms with Crippen LogP contribution in [0.3, 0.4) is 0 Å². The number of hydrogen-bond donors (Lipinski definition) is 0. The maximum atomic E-state index is 12.4. The van der Waals surface area contributed by atoms with Crippen LogP contribution in [0, 0.1) is 5.92 Å². The monoisotopic (exact) mass is 359 g/mol. The Morgan fingerprint density at radius 1 is 1.27 bits per heavy atom. The van der Waals surface area contributed by atoms with E-state index < -0.39 is 5.63 Å². The van der Waals surface area contributed by atoms with Crippen LogP contribution in [0.1, 0.15) is 19.8 Å². The molecule has 26 heavy (non-hydrogen) atoms. The van der Waals surface area contributed by atoms with Gasteiger partial charge < -0.3 is 18.8 Å². The number of fused-ring (bicyclic) bond motifs is 1. The van der Waals surface area contributed by atoms with Gasteiger partial charge in [0.25, 0.3) is 5.91 Å². The summed E-state index contributed by atoms with van der Waals surface area (Å²) in [6, 6.07) is 8.08. The zero-order valence-electron chi connectivity index (χ0n) is 14.6. The van der Waals surface area contributed by atoms with Crippen LogP contribution in [0.4, 0.5) is 0 Å². The molecule has 1 aliphatic rings. The molecule has 1 amide bonds. The summed E-state index contributed by atoms with van der Waals surface area (Å²) in [4.78, 5) is 37.2. The van der Waals surface area contributed by atoms with E-state index in [0.717, 1.165) is 18.2 Å². The standard InChI is InChI=1S/C19H21NO6/c1-2-24-19(23)14-4-3-9-20(11-14)17(21)12-25-15-7-5-13-6-8-18(22)26-16(13)10-15/h5-8,10,14H,2-4,9,11-12H2,1H3/t14-/m0/s1. The lowest BCUT2D eigenvalue weighted by molar-refractivity contribution is -0.151. The van der Waals surface area contributed by atoms with Crippen LogP contribution in [0.15, 0.2) is 39.5 Å². The molecule has 0 radical (unpaired) electrons. The number of rotatable bonds is 5. The first-order valence-electron chi connectivity index (χ1n) is 8.68. The van der Waals surface area contributed by atoms with Gasteiger partial charge in [-0.1, -0.05) is 0 Å². The number of nitrogens with zero attached hydrogens (tertiary/aromatic N) is 1. The molecule has 1 atom stereocenters. The van der Waals surface area contributed by atoms with Crippen LogP contribution in [-0.4, -0.2) is 43.1 Å². The van der Waals surface area contributed by atoms with E-state index in [4.69, 9.17) is 13.9 Å². The van der Waals surface area contributed by atoms with Crippen molar-refractivity contribution in [3.05, 3.63) is 40.8 Å². The first-order chi connectivity index (χ1) is 12.6. The van der Waals surface area contributed by atoms with E-state index in [1.54, 1.807) is 36.1 Å². The minimum atomic E-state index is -0.441. The second-order valence-electron chi connectivity index (χ2n) is 6.17. The molecule has 1 fully saturated rings. The molecule has 138 valence electrons. The fourth-order valence-corrected chi connectivity index (χ4v) is 3.02. The summed E-state index contributed by atoms with van der Waals surface area (Å²) in [6.07, 6.45) is 1.49. The molecule has 7 heteroatoms. The second kappa shape index (κ2) is 8.03. The molecule has 0 aliphatic carbocycles. The maximum Gasteiger partial charge on any atom is 0.336 e. The van der Waals surface area contributed by atoms with E-state index in [-0.39, 0.29) is 24.4 Å². The lowest BCUT2D eigenvalue weighted by Gasteiger charge is -2.31. The van der Waals surface area contributed by atoms with Gasteiger partial charge in [0.15, 0.2) is 6.61 Å². The number of carbonyl (C=O) groups is 2. The summed E-state index contributed by atoms with van der Waals surface area (Å²) in [5, 5.41) is 0.775. The number of amides is 1. The van der Waals surface area contributed by atoms with Gasteiger partial charge >= 0.3 is 11.6 Å². The third kappa shape index (κ3) is 4.22. The normalized spacial score (nSPS) is 17.1. The number of hydrogen-bond acceptors (Lipinski definition) is 6. The fraction of sp³-hybridized carbons (Fsp3) is 0.421. The van der Waals surface area contributed by atoms with Gasteiger partial charge in [-0.15, -0.1) is 0 Å². The largest absolute Gasteiger partial charge is 0.484 e. The van der Waals surface area contributed by atoms with Crippen molar-refractivity contribution in [2.75, 3.05) is 26.3 Å². The zero-order valence-corrected chi connectivity index (χ0v) is 14.6. The molecular weight excluding hydrogens is 338 g/mol. The first-order valence-corrected chi connectivity index (χ1v) is 8.68. The lowest BCUT2D eigenvalue weighted by atomic mass is 9.98. The topological polar surface area (TPSA) is 86.0 Å². The number of esters is 1. The molecule has 1 aliphatic heterocycles. The lowest BCUT2D eigenvalue weighted by Crippen LogP contribution is -2.44. The molecule has 2 aromatic rings. The molecule has 0 spiro atoms. The van der Waals surface area contributed by atoms with Gasteiger partial charge in [-0.2, -0.15) is 0 Å². The van der Waals surface area contributed by atoms with E-state index in [1.807, 2.05) is 0 Å². The third-order valence-electron chi connectivity index (χ3n) is 4.35. The number of benzene rings is 1. The Hall–Kier alpha value is -2.83. The van der Waals surface area contributed by atoms with Crippen LogP contribution in [-0.2, 0) is 14.3 Å². The highest BCUT2D eigenvalue weighted by molar-refractivity contribution is 5.80. The second-order valence-corrected chi connectivity index (χ2v) is 6.17. The molecule has 0 bridgehead atoms. The smallest absolute Gasteiger partial charge is 0.336 e. The highest BCUT2D eigenvalue weighted by Gasteiger charge is 2.29. The molecule has 2 heterocycles. The Morgan fingerprint density at radius 2 is 2.08 bits per heavy atom. The van der Waals surface area contributed by atoms with E-state index in [1.165, 1.54) is 6.07 Å². The average Bonchev–Trinajstić information content (AvgIpc) is 2.66. The first kappa shape index (κ1) is 18.0. The van der Waals surface area contributed by atoms with Crippen LogP contribution >= 0.6 is 0 Å². The Morgan fingerprint density at radius 3 is 2.88 bits per heavy atom. The van der Waals surface area contributed by atoms with Crippen LogP contribution in [0.5, 0.6) is 5.75 Å². The van der Waals surface area contributed by atoms with Gasteiger partial charge in [-0.05, 0) is 38.0 Å². The fourth-order valence-electron chi connectivity index (χ4n) is 3.02. The molecule has 7 nitrogen and oxygen atoms in total. The van der Waals surface area contributed by atoms with Gasteiger partial charge in [-0.25, -0.2) is 4.79 Å². The number of carbonyl (C=O) groups excluding carboxylic acids is 2. The van der Waals surface area contributed by atoms with E-state index in [9.17, 15) is 14.4 Å². The van der Waals surface area contributed by atoms with Crippen molar-refractivity contribution in [3.63, 3.8) is 0 Å². The number of piperidine rings is 1. The van der Waals surface area contributed by atoms with Gasteiger partial charge in [0.2, 0.25) is 0 Å². The zero-order chi connectivity index (χ0) is 18.5.